The molecule has 0 aliphatic heterocycles. The van der Waals surface area contributed by atoms with Crippen molar-refractivity contribution in [2.24, 2.45) is 0 Å². The topological polar surface area (TPSA) is 64.7 Å². The standard InChI is InChI=1S/C19H12ClFN4/c20-18-14(9-12-3-1-2-4-15(12)23-18)17-10-16(24-19(22)25-17)11-5-7-13(21)8-6-11/h1-10H,(H2,22,24,25). The van der Waals surface area contributed by atoms with Gasteiger partial charge in [-0.15, -0.1) is 0 Å². The molecule has 6 heteroatoms. The second-order valence-corrected chi connectivity index (χ2v) is 5.88. The molecule has 4 nitrogen and oxygen atoms in total. The van der Waals surface area contributed by atoms with E-state index in [0.29, 0.717) is 22.1 Å². The third-order valence-electron chi connectivity index (χ3n) is 3.84. The molecule has 0 amide bonds. The van der Waals surface area contributed by atoms with Crippen LogP contribution in [0.1, 0.15) is 0 Å². The van der Waals surface area contributed by atoms with E-state index in [9.17, 15) is 4.39 Å². The van der Waals surface area contributed by atoms with Crippen molar-refractivity contribution >= 4 is 28.5 Å². The Bertz CT molecular complexity index is 1080. The second kappa shape index (κ2) is 6.11. The Labute approximate surface area is 148 Å². The minimum absolute atomic E-state index is 0.112. The molecule has 0 unspecified atom stereocenters. The normalized spacial score (nSPS) is 11.0. The van der Waals surface area contributed by atoms with Crippen molar-refractivity contribution in [1.82, 2.24) is 15.0 Å². The number of benzene rings is 2. The van der Waals surface area contributed by atoms with E-state index >= 15 is 0 Å². The Hall–Kier alpha value is -3.05. The molecule has 2 N–H and O–H groups in total. The SMILES string of the molecule is Nc1nc(-c2ccc(F)cc2)cc(-c2cc3ccccc3nc2Cl)n1. The predicted octanol–water partition coefficient (Wildman–Crippen LogP) is 4.73. The number of aromatic nitrogens is 3. The van der Waals surface area contributed by atoms with Crippen molar-refractivity contribution in [1.29, 1.82) is 0 Å². The number of pyridine rings is 1. The van der Waals surface area contributed by atoms with Crippen LogP contribution in [0.4, 0.5) is 10.3 Å². The highest BCUT2D eigenvalue weighted by molar-refractivity contribution is 6.32. The van der Waals surface area contributed by atoms with Gasteiger partial charge in [-0.25, -0.2) is 19.3 Å². The Morgan fingerprint density at radius 1 is 0.840 bits per heavy atom. The lowest BCUT2D eigenvalue weighted by Crippen LogP contribution is -1.99. The van der Waals surface area contributed by atoms with Crippen LogP contribution < -0.4 is 5.73 Å². The molecule has 0 atom stereocenters. The third-order valence-corrected chi connectivity index (χ3v) is 4.12. The van der Waals surface area contributed by atoms with Crippen molar-refractivity contribution in [3.05, 3.63) is 71.6 Å². The molecule has 4 rings (SSSR count). The van der Waals surface area contributed by atoms with Gasteiger partial charge in [0.15, 0.2) is 0 Å². The fourth-order valence-electron chi connectivity index (χ4n) is 2.64. The van der Waals surface area contributed by atoms with Gasteiger partial charge in [0.2, 0.25) is 5.95 Å². The molecule has 0 saturated carbocycles. The number of halogens is 2. The summed E-state index contributed by atoms with van der Waals surface area (Å²) >= 11 is 6.35. The molecule has 0 fully saturated rings. The summed E-state index contributed by atoms with van der Waals surface area (Å²) in [5.74, 6) is -0.200. The van der Waals surface area contributed by atoms with E-state index < -0.39 is 0 Å². The van der Waals surface area contributed by atoms with E-state index in [0.717, 1.165) is 16.5 Å². The van der Waals surface area contributed by atoms with Gasteiger partial charge in [0.25, 0.3) is 0 Å². The quantitative estimate of drug-likeness (QED) is 0.531. The van der Waals surface area contributed by atoms with Gasteiger partial charge in [0.05, 0.1) is 16.9 Å². The molecule has 2 aromatic carbocycles. The Morgan fingerprint density at radius 3 is 2.36 bits per heavy atom. The van der Waals surface area contributed by atoms with E-state index in [1.165, 1.54) is 12.1 Å². The number of nitrogens with zero attached hydrogens (tertiary/aromatic N) is 3. The molecule has 0 saturated heterocycles. The molecule has 0 aliphatic rings. The van der Waals surface area contributed by atoms with E-state index in [-0.39, 0.29) is 11.8 Å². The van der Waals surface area contributed by atoms with Crippen LogP contribution in [0.5, 0.6) is 0 Å². The first kappa shape index (κ1) is 15.5. The summed E-state index contributed by atoms with van der Waals surface area (Å²) in [4.78, 5) is 12.9. The number of hydrogen-bond donors (Lipinski definition) is 1. The predicted molar refractivity (Wildman–Crippen MR) is 97.6 cm³/mol. The van der Waals surface area contributed by atoms with E-state index in [2.05, 4.69) is 15.0 Å². The van der Waals surface area contributed by atoms with E-state index in [1.807, 2.05) is 30.3 Å². The van der Waals surface area contributed by atoms with Crippen LogP contribution >= 0.6 is 11.6 Å². The van der Waals surface area contributed by atoms with Crippen molar-refractivity contribution in [3.8, 4) is 22.5 Å². The zero-order chi connectivity index (χ0) is 17.4. The molecule has 0 bridgehead atoms. The summed E-state index contributed by atoms with van der Waals surface area (Å²) in [6, 6.07) is 17.4. The third kappa shape index (κ3) is 3.02. The molecule has 4 aromatic rings. The van der Waals surface area contributed by atoms with Gasteiger partial charge in [-0.3, -0.25) is 0 Å². The maximum atomic E-state index is 13.1. The minimum atomic E-state index is -0.312. The summed E-state index contributed by atoms with van der Waals surface area (Å²) in [5, 5.41) is 1.28. The van der Waals surface area contributed by atoms with Gasteiger partial charge in [0.1, 0.15) is 11.0 Å². The molecule has 2 aromatic heterocycles. The first-order valence-corrected chi connectivity index (χ1v) is 7.94. The van der Waals surface area contributed by atoms with Gasteiger partial charge >= 0.3 is 0 Å². The van der Waals surface area contributed by atoms with Crippen molar-refractivity contribution in [2.75, 3.05) is 5.73 Å². The Kier molecular flexibility index (Phi) is 3.78. The molecule has 0 spiro atoms. The van der Waals surface area contributed by atoms with Crippen LogP contribution in [0.3, 0.4) is 0 Å². The molecule has 0 radical (unpaired) electrons. The number of nitrogen functional groups attached to an aromatic ring is 1. The summed E-state index contributed by atoms with van der Waals surface area (Å²) in [7, 11) is 0. The lowest BCUT2D eigenvalue weighted by Gasteiger charge is -2.09. The lowest BCUT2D eigenvalue weighted by atomic mass is 10.1. The summed E-state index contributed by atoms with van der Waals surface area (Å²) in [5.41, 5.74) is 9.23. The van der Waals surface area contributed by atoms with Crippen LogP contribution in [0, 0.1) is 5.82 Å². The zero-order valence-electron chi connectivity index (χ0n) is 12.9. The van der Waals surface area contributed by atoms with Crippen molar-refractivity contribution < 1.29 is 4.39 Å². The number of para-hydroxylation sites is 1. The van der Waals surface area contributed by atoms with Crippen molar-refractivity contribution in [3.63, 3.8) is 0 Å². The van der Waals surface area contributed by atoms with Gasteiger partial charge in [0, 0.05) is 16.5 Å². The number of hydrogen-bond acceptors (Lipinski definition) is 4. The molecular weight excluding hydrogens is 339 g/mol. The zero-order valence-corrected chi connectivity index (χ0v) is 13.7. The Balaban J connectivity index is 1.88. The number of anilines is 1. The van der Waals surface area contributed by atoms with Crippen LogP contribution in [-0.4, -0.2) is 15.0 Å². The van der Waals surface area contributed by atoms with E-state index in [4.69, 9.17) is 17.3 Å². The highest BCUT2D eigenvalue weighted by Gasteiger charge is 2.12. The molecule has 122 valence electrons. The number of rotatable bonds is 2. The summed E-state index contributed by atoms with van der Waals surface area (Å²) in [6.45, 7) is 0. The summed E-state index contributed by atoms with van der Waals surface area (Å²) < 4.78 is 13.1. The average molecular weight is 351 g/mol. The van der Waals surface area contributed by atoms with Crippen molar-refractivity contribution in [2.45, 2.75) is 0 Å². The van der Waals surface area contributed by atoms with Gasteiger partial charge in [-0.05, 0) is 42.5 Å². The molecular formula is C19H12ClFN4. The highest BCUT2D eigenvalue weighted by atomic mass is 35.5. The average Bonchev–Trinajstić information content (AvgIpc) is 2.61. The smallest absolute Gasteiger partial charge is 0.221 e. The summed E-state index contributed by atoms with van der Waals surface area (Å²) in [6.07, 6.45) is 0. The highest BCUT2D eigenvalue weighted by Crippen LogP contribution is 2.31. The molecule has 0 aliphatic carbocycles. The monoisotopic (exact) mass is 350 g/mol. The van der Waals surface area contributed by atoms with Gasteiger partial charge in [-0.2, -0.15) is 0 Å². The number of nitrogens with two attached hydrogens (primary N) is 1. The van der Waals surface area contributed by atoms with Crippen LogP contribution in [-0.2, 0) is 0 Å². The first-order valence-electron chi connectivity index (χ1n) is 7.56. The second-order valence-electron chi connectivity index (χ2n) is 5.52. The maximum absolute atomic E-state index is 13.1. The number of fused-ring (bicyclic) bond motifs is 1. The van der Waals surface area contributed by atoms with Gasteiger partial charge < -0.3 is 5.73 Å². The maximum Gasteiger partial charge on any atom is 0.221 e. The molecule has 2 heterocycles. The Morgan fingerprint density at radius 2 is 1.56 bits per heavy atom. The lowest BCUT2D eigenvalue weighted by molar-refractivity contribution is 0.628. The minimum Gasteiger partial charge on any atom is -0.368 e. The van der Waals surface area contributed by atoms with Crippen LogP contribution in [0.15, 0.2) is 60.7 Å². The largest absolute Gasteiger partial charge is 0.368 e. The van der Waals surface area contributed by atoms with Crippen LogP contribution in [0.2, 0.25) is 5.15 Å². The molecule has 25 heavy (non-hydrogen) atoms. The first-order chi connectivity index (χ1) is 12.1. The van der Waals surface area contributed by atoms with E-state index in [1.54, 1.807) is 18.2 Å². The fraction of sp³-hybridized carbons (Fsp3) is 0. The van der Waals surface area contributed by atoms with Gasteiger partial charge in [-0.1, -0.05) is 29.8 Å². The fourth-order valence-corrected chi connectivity index (χ4v) is 2.89. The van der Waals surface area contributed by atoms with Crippen LogP contribution in [0.25, 0.3) is 33.4 Å².